The van der Waals surface area contributed by atoms with Crippen LogP contribution in [-0.4, -0.2) is 31.2 Å². The van der Waals surface area contributed by atoms with Gasteiger partial charge >= 0.3 is 0 Å². The van der Waals surface area contributed by atoms with E-state index in [0.29, 0.717) is 26.1 Å². The summed E-state index contributed by atoms with van der Waals surface area (Å²) in [5, 5.41) is 4.70. The fourth-order valence-corrected chi connectivity index (χ4v) is 5.13. The number of aryl methyl sites for hydroxylation is 1. The van der Waals surface area contributed by atoms with Crippen molar-refractivity contribution < 1.29 is 14.3 Å². The summed E-state index contributed by atoms with van der Waals surface area (Å²) in [7, 11) is 1.66. The number of aromatic amines is 1. The summed E-state index contributed by atoms with van der Waals surface area (Å²) in [5.74, 6) is 0.906. The van der Waals surface area contributed by atoms with Crippen molar-refractivity contribution >= 4 is 16.8 Å². The largest absolute Gasteiger partial charge is 0.497 e. The van der Waals surface area contributed by atoms with Gasteiger partial charge in [0.05, 0.1) is 18.6 Å². The summed E-state index contributed by atoms with van der Waals surface area (Å²) in [5.41, 5.74) is 4.16. The number of benzene rings is 2. The number of nitrogens with one attached hydrogen (secondary N) is 2. The minimum absolute atomic E-state index is 0.0200. The maximum Gasteiger partial charge on any atom is 0.231 e. The van der Waals surface area contributed by atoms with Gasteiger partial charge in [0.25, 0.3) is 0 Å². The van der Waals surface area contributed by atoms with E-state index < -0.39 is 5.41 Å². The number of para-hydroxylation sites is 1. The maximum atomic E-state index is 13.8. The molecule has 30 heavy (non-hydrogen) atoms. The molecule has 0 spiro atoms. The van der Waals surface area contributed by atoms with Crippen LogP contribution in [0.15, 0.2) is 48.5 Å². The zero-order chi connectivity index (χ0) is 20.6. The normalized spacial score (nSPS) is 20.5. The highest BCUT2D eigenvalue weighted by Crippen LogP contribution is 2.39. The fraction of sp³-hybridized carbons (Fsp3) is 0.400. The molecule has 2 aromatic carbocycles. The number of hydrogen-bond acceptors (Lipinski definition) is 3. The number of methoxy groups -OCH3 is 1. The van der Waals surface area contributed by atoms with E-state index in [1.54, 1.807) is 7.11 Å². The van der Waals surface area contributed by atoms with Crippen LogP contribution in [0.25, 0.3) is 10.9 Å². The highest BCUT2D eigenvalue weighted by atomic mass is 16.5. The molecule has 0 bridgehead atoms. The highest BCUT2D eigenvalue weighted by Gasteiger charge is 2.43. The molecule has 5 heteroatoms. The third-order valence-corrected chi connectivity index (χ3v) is 6.84. The number of rotatable bonds is 4. The Bertz CT molecular complexity index is 1050. The van der Waals surface area contributed by atoms with E-state index in [4.69, 9.17) is 9.47 Å². The number of aromatic nitrogens is 1. The molecular formula is C25H28N2O3. The molecular weight excluding hydrogens is 376 g/mol. The lowest BCUT2D eigenvalue weighted by Gasteiger charge is -2.38. The van der Waals surface area contributed by atoms with Gasteiger partial charge in [0, 0.05) is 29.8 Å². The van der Waals surface area contributed by atoms with Crippen LogP contribution in [0, 0.1) is 0 Å². The Morgan fingerprint density at radius 3 is 2.67 bits per heavy atom. The second-order valence-corrected chi connectivity index (χ2v) is 8.40. The van der Waals surface area contributed by atoms with Gasteiger partial charge in [-0.2, -0.15) is 0 Å². The lowest BCUT2D eigenvalue weighted by molar-refractivity contribution is -0.131. The van der Waals surface area contributed by atoms with E-state index in [-0.39, 0.29) is 11.9 Å². The van der Waals surface area contributed by atoms with Crippen molar-refractivity contribution in [1.29, 1.82) is 0 Å². The van der Waals surface area contributed by atoms with Gasteiger partial charge in [-0.15, -0.1) is 0 Å². The number of hydrogen-bond donors (Lipinski definition) is 2. The van der Waals surface area contributed by atoms with Gasteiger partial charge in [0.15, 0.2) is 0 Å². The summed E-state index contributed by atoms with van der Waals surface area (Å²) >= 11 is 0. The van der Waals surface area contributed by atoms with Gasteiger partial charge in [0.2, 0.25) is 5.91 Å². The molecule has 2 heterocycles. The van der Waals surface area contributed by atoms with E-state index in [9.17, 15) is 4.79 Å². The first-order chi connectivity index (χ1) is 14.7. The third kappa shape index (κ3) is 3.18. The molecule has 5 rings (SSSR count). The summed E-state index contributed by atoms with van der Waals surface area (Å²) in [6, 6.07) is 16.4. The molecule has 156 valence electrons. The molecule has 1 fully saturated rings. The van der Waals surface area contributed by atoms with Gasteiger partial charge in [-0.3, -0.25) is 4.79 Å². The van der Waals surface area contributed by atoms with Gasteiger partial charge in [-0.05, 0) is 61.4 Å². The fourth-order valence-electron chi connectivity index (χ4n) is 5.13. The molecule has 1 unspecified atom stereocenters. The number of ether oxygens (including phenoxy) is 2. The monoisotopic (exact) mass is 404 g/mol. The number of amides is 1. The lowest BCUT2D eigenvalue weighted by atomic mass is 9.73. The highest BCUT2D eigenvalue weighted by molar-refractivity contribution is 5.90. The molecule has 1 saturated heterocycles. The van der Waals surface area contributed by atoms with Crippen LogP contribution < -0.4 is 10.1 Å². The van der Waals surface area contributed by atoms with Crippen LogP contribution in [-0.2, 0) is 21.4 Å². The third-order valence-electron chi connectivity index (χ3n) is 6.84. The molecule has 1 aliphatic carbocycles. The van der Waals surface area contributed by atoms with Crippen molar-refractivity contribution in [3.8, 4) is 5.75 Å². The van der Waals surface area contributed by atoms with Crippen LogP contribution in [0.4, 0.5) is 0 Å². The van der Waals surface area contributed by atoms with Crippen molar-refractivity contribution in [3.63, 3.8) is 0 Å². The first-order valence-corrected chi connectivity index (χ1v) is 10.8. The molecule has 2 aliphatic rings. The SMILES string of the molecule is COc1ccc(C2(C(=O)NC3CCCc4c3[nH]c3ccccc43)CCOCC2)cc1. The zero-order valence-electron chi connectivity index (χ0n) is 17.4. The molecule has 1 amide bonds. The van der Waals surface area contributed by atoms with E-state index in [1.165, 1.54) is 16.6 Å². The van der Waals surface area contributed by atoms with Crippen molar-refractivity contribution in [1.82, 2.24) is 10.3 Å². The summed E-state index contributed by atoms with van der Waals surface area (Å²) < 4.78 is 10.9. The lowest BCUT2D eigenvalue weighted by Crippen LogP contribution is -2.49. The van der Waals surface area contributed by atoms with E-state index in [1.807, 2.05) is 24.3 Å². The van der Waals surface area contributed by atoms with Gasteiger partial charge in [-0.1, -0.05) is 30.3 Å². The molecule has 1 atom stereocenters. The Morgan fingerprint density at radius 2 is 1.90 bits per heavy atom. The summed E-state index contributed by atoms with van der Waals surface area (Å²) in [4.78, 5) is 17.3. The summed E-state index contributed by atoms with van der Waals surface area (Å²) in [6.07, 6.45) is 4.48. The van der Waals surface area contributed by atoms with Crippen LogP contribution in [0.2, 0.25) is 0 Å². The van der Waals surface area contributed by atoms with Crippen LogP contribution in [0.1, 0.15) is 48.5 Å². The zero-order valence-corrected chi connectivity index (χ0v) is 17.4. The second kappa shape index (κ2) is 7.80. The van der Waals surface area contributed by atoms with Crippen molar-refractivity contribution in [3.05, 3.63) is 65.4 Å². The minimum Gasteiger partial charge on any atom is -0.497 e. The molecule has 0 radical (unpaired) electrons. The van der Waals surface area contributed by atoms with Crippen LogP contribution in [0.5, 0.6) is 5.75 Å². The Hall–Kier alpha value is -2.79. The molecule has 2 N–H and O–H groups in total. The van der Waals surface area contributed by atoms with Crippen LogP contribution >= 0.6 is 0 Å². The van der Waals surface area contributed by atoms with Crippen LogP contribution in [0.3, 0.4) is 0 Å². The van der Waals surface area contributed by atoms with Gasteiger partial charge in [-0.25, -0.2) is 0 Å². The molecule has 3 aromatic rings. The first-order valence-electron chi connectivity index (χ1n) is 10.8. The van der Waals surface area contributed by atoms with Crippen molar-refractivity contribution in [2.45, 2.75) is 43.6 Å². The molecule has 1 aliphatic heterocycles. The number of H-pyrrole nitrogens is 1. The predicted octanol–water partition coefficient (Wildman–Crippen LogP) is 4.42. The van der Waals surface area contributed by atoms with E-state index >= 15 is 0 Å². The van der Waals surface area contributed by atoms with E-state index in [2.05, 4.69) is 34.6 Å². The minimum atomic E-state index is -0.561. The average molecular weight is 405 g/mol. The topological polar surface area (TPSA) is 63.3 Å². The average Bonchev–Trinajstić information content (AvgIpc) is 3.19. The Morgan fingerprint density at radius 1 is 1.13 bits per heavy atom. The van der Waals surface area contributed by atoms with Gasteiger partial charge in [0.1, 0.15) is 5.75 Å². The Balaban J connectivity index is 1.47. The molecule has 0 saturated carbocycles. The van der Waals surface area contributed by atoms with Crippen molar-refractivity contribution in [2.75, 3.05) is 20.3 Å². The smallest absolute Gasteiger partial charge is 0.231 e. The predicted molar refractivity (Wildman–Crippen MR) is 117 cm³/mol. The van der Waals surface area contributed by atoms with Gasteiger partial charge < -0.3 is 19.8 Å². The summed E-state index contributed by atoms with van der Waals surface area (Å²) in [6.45, 7) is 1.20. The molecule has 1 aromatic heterocycles. The Labute approximate surface area is 176 Å². The number of carbonyl (C=O) groups excluding carboxylic acids is 1. The number of fused-ring (bicyclic) bond motifs is 3. The Kier molecular flexibility index (Phi) is 4.99. The second-order valence-electron chi connectivity index (χ2n) is 8.40. The first kappa shape index (κ1) is 19.2. The number of carbonyl (C=O) groups is 1. The van der Waals surface area contributed by atoms with Crippen molar-refractivity contribution in [2.24, 2.45) is 0 Å². The van der Waals surface area contributed by atoms with E-state index in [0.717, 1.165) is 36.1 Å². The standard InChI is InChI=1S/C25H28N2O3/c1-29-18-11-9-17(10-12-18)25(13-15-30-16-14-25)24(28)27-22-8-4-6-20-19-5-2-3-7-21(19)26-23(20)22/h2-3,5,7,9-12,22,26H,4,6,8,13-16H2,1H3,(H,27,28). The maximum absolute atomic E-state index is 13.8. The quantitative estimate of drug-likeness (QED) is 0.677. The molecule has 5 nitrogen and oxygen atoms in total.